The molecule has 2 aromatic heterocycles. The van der Waals surface area contributed by atoms with Gasteiger partial charge in [-0.25, -0.2) is 0 Å². The van der Waals surface area contributed by atoms with Crippen LogP contribution in [0.15, 0.2) is 73.1 Å². The number of carbonyl (C=O) groups excluding carboxylic acids is 3. The first-order chi connectivity index (χ1) is 22.1. The average Bonchev–Trinajstić information content (AvgIpc) is 3.86. The van der Waals surface area contributed by atoms with Gasteiger partial charge >= 0.3 is 6.18 Å². The zero-order chi connectivity index (χ0) is 32.2. The molecule has 0 spiro atoms. The van der Waals surface area contributed by atoms with Crippen molar-refractivity contribution in [1.82, 2.24) is 19.8 Å². The van der Waals surface area contributed by atoms with Crippen LogP contribution < -0.4 is 5.32 Å². The van der Waals surface area contributed by atoms with Crippen LogP contribution in [0.25, 0.3) is 11.0 Å². The summed E-state index contributed by atoms with van der Waals surface area (Å²) in [5.74, 6) is -1.61. The number of imide groups is 1. The molecular formula is C35H32F3N5O3. The van der Waals surface area contributed by atoms with Gasteiger partial charge in [-0.3, -0.25) is 29.3 Å². The number of fused-ring (bicyclic) bond motifs is 2. The molecule has 1 N–H and O–H groups in total. The molecule has 3 heterocycles. The molecule has 11 heteroatoms. The maximum Gasteiger partial charge on any atom is 0.413 e. The Hall–Kier alpha value is -4.80. The van der Waals surface area contributed by atoms with E-state index in [1.165, 1.54) is 24.1 Å². The molecule has 1 aliphatic heterocycles. The molecule has 2 saturated carbocycles. The summed E-state index contributed by atoms with van der Waals surface area (Å²) in [7, 11) is 1.19. The predicted octanol–water partition coefficient (Wildman–Crippen LogP) is 7.17. The third-order valence-electron chi connectivity index (χ3n) is 9.44. The van der Waals surface area contributed by atoms with E-state index in [0.717, 1.165) is 40.0 Å². The number of rotatable bonds is 7. The number of nitrogens with one attached hydrogen (secondary N) is 1. The Morgan fingerprint density at radius 1 is 0.891 bits per heavy atom. The van der Waals surface area contributed by atoms with Crippen LogP contribution >= 0.6 is 0 Å². The van der Waals surface area contributed by atoms with E-state index in [1.54, 1.807) is 48.8 Å². The summed E-state index contributed by atoms with van der Waals surface area (Å²) in [4.78, 5) is 50.4. The van der Waals surface area contributed by atoms with Gasteiger partial charge in [0.05, 0.1) is 34.0 Å². The van der Waals surface area contributed by atoms with Gasteiger partial charge in [0.2, 0.25) is 5.91 Å². The van der Waals surface area contributed by atoms with Gasteiger partial charge in [0.15, 0.2) is 6.04 Å². The van der Waals surface area contributed by atoms with Crippen molar-refractivity contribution in [3.8, 4) is 0 Å². The van der Waals surface area contributed by atoms with Crippen molar-refractivity contribution in [1.29, 1.82) is 0 Å². The monoisotopic (exact) mass is 627 g/mol. The normalized spacial score (nSPS) is 20.5. The zero-order valence-electron chi connectivity index (χ0n) is 25.1. The number of pyridine rings is 2. The first kappa shape index (κ1) is 29.9. The number of carbonyl (C=O) groups is 3. The number of halogens is 3. The molecule has 8 nitrogen and oxygen atoms in total. The van der Waals surface area contributed by atoms with E-state index in [0.29, 0.717) is 35.6 Å². The first-order valence-corrected chi connectivity index (χ1v) is 15.5. The summed E-state index contributed by atoms with van der Waals surface area (Å²) in [6.45, 7) is 0. The topological polar surface area (TPSA) is 95.5 Å². The van der Waals surface area contributed by atoms with Crippen LogP contribution in [0.4, 0.5) is 24.5 Å². The fourth-order valence-electron chi connectivity index (χ4n) is 7.00. The number of nitrogens with zero attached hydrogens (tertiary/aromatic N) is 4. The Kier molecular flexibility index (Phi) is 7.49. The number of benzene rings is 2. The standard InChI is InChI=1S/C35H32F3N5O3/c1-42(32(44)22-12-16-24(17-13-22)43-33(45)25-5-2-3-6-26(25)34(43)46)31(35(36,37)38)21-10-14-23(15-11-21)41-28-19-40-27-7-4-18-39-30(27)29(28)20-8-9-20/h2-7,10-11,14-15,18-20,22,24,31,41H,8-9,12-13,16-17H2,1H3/t22?,24?,31-/m0/s1. The molecule has 0 radical (unpaired) electrons. The second-order valence-corrected chi connectivity index (χ2v) is 12.4. The molecule has 0 unspecified atom stereocenters. The summed E-state index contributed by atoms with van der Waals surface area (Å²) in [6, 6.07) is 13.8. The van der Waals surface area contributed by atoms with Crippen LogP contribution in [0, 0.1) is 5.92 Å². The van der Waals surface area contributed by atoms with Gasteiger partial charge in [-0.2, -0.15) is 13.2 Å². The van der Waals surface area contributed by atoms with E-state index in [1.807, 2.05) is 12.1 Å². The zero-order valence-corrected chi connectivity index (χ0v) is 25.1. The third-order valence-corrected chi connectivity index (χ3v) is 9.44. The SMILES string of the molecule is CN(C(=O)C1CCC(N2C(=O)c3ccccc3C2=O)CC1)[C@@H](c1ccc(Nc2cnc3cccnc3c2C2CC2)cc1)C(F)(F)F. The average molecular weight is 628 g/mol. The van der Waals surface area contributed by atoms with E-state index in [4.69, 9.17) is 0 Å². The summed E-state index contributed by atoms with van der Waals surface area (Å²) >= 11 is 0. The molecule has 2 aliphatic carbocycles. The highest BCUT2D eigenvalue weighted by Gasteiger charge is 2.47. The lowest BCUT2D eigenvalue weighted by Gasteiger charge is -2.37. The molecule has 2 aromatic carbocycles. The van der Waals surface area contributed by atoms with Gasteiger partial charge in [0.1, 0.15) is 0 Å². The second-order valence-electron chi connectivity index (χ2n) is 12.4. The van der Waals surface area contributed by atoms with E-state index < -0.39 is 30.1 Å². The Balaban J connectivity index is 1.04. The van der Waals surface area contributed by atoms with E-state index in [-0.39, 0.29) is 30.2 Å². The van der Waals surface area contributed by atoms with Crippen molar-refractivity contribution in [3.05, 3.63) is 95.3 Å². The molecule has 0 saturated heterocycles. The number of alkyl halides is 3. The quantitative estimate of drug-likeness (QED) is 0.219. The Morgan fingerprint density at radius 3 is 2.15 bits per heavy atom. The Labute approximate surface area is 263 Å². The van der Waals surface area contributed by atoms with Crippen molar-refractivity contribution < 1.29 is 27.6 Å². The third kappa shape index (κ3) is 5.37. The summed E-state index contributed by atoms with van der Waals surface area (Å²) in [6.07, 6.45) is 2.12. The van der Waals surface area contributed by atoms with Crippen LogP contribution in [0.3, 0.4) is 0 Å². The van der Waals surface area contributed by atoms with Crippen LogP contribution in [0.2, 0.25) is 0 Å². The lowest BCUT2D eigenvalue weighted by molar-refractivity contribution is -0.191. The highest BCUT2D eigenvalue weighted by Crippen LogP contribution is 2.46. The van der Waals surface area contributed by atoms with Crippen molar-refractivity contribution in [2.24, 2.45) is 5.92 Å². The van der Waals surface area contributed by atoms with Gasteiger partial charge in [-0.05, 0) is 86.4 Å². The largest absolute Gasteiger partial charge is 0.413 e. The number of anilines is 2. The Morgan fingerprint density at radius 2 is 1.54 bits per heavy atom. The maximum atomic E-state index is 14.5. The summed E-state index contributed by atoms with van der Waals surface area (Å²) in [5.41, 5.74) is 4.72. The summed E-state index contributed by atoms with van der Waals surface area (Å²) in [5, 5.41) is 3.32. The van der Waals surface area contributed by atoms with E-state index in [9.17, 15) is 27.6 Å². The highest BCUT2D eigenvalue weighted by molar-refractivity contribution is 6.21. The fourth-order valence-corrected chi connectivity index (χ4v) is 7.00. The van der Waals surface area contributed by atoms with Crippen LogP contribution in [0.5, 0.6) is 0 Å². The van der Waals surface area contributed by atoms with Crippen molar-refractivity contribution in [2.75, 3.05) is 12.4 Å². The smallest absolute Gasteiger partial charge is 0.354 e. The lowest BCUT2D eigenvalue weighted by Crippen LogP contribution is -2.46. The molecule has 3 amide bonds. The number of hydrogen-bond acceptors (Lipinski definition) is 6. The van der Waals surface area contributed by atoms with Crippen molar-refractivity contribution >= 4 is 40.1 Å². The molecular weight excluding hydrogens is 595 g/mol. The van der Waals surface area contributed by atoms with Crippen LogP contribution in [-0.2, 0) is 4.79 Å². The molecule has 2 fully saturated rings. The molecule has 7 rings (SSSR count). The maximum absolute atomic E-state index is 14.5. The predicted molar refractivity (Wildman–Crippen MR) is 165 cm³/mol. The van der Waals surface area contributed by atoms with Gasteiger partial charge in [-0.15, -0.1) is 0 Å². The second kappa shape index (κ2) is 11.5. The van der Waals surface area contributed by atoms with Gasteiger partial charge < -0.3 is 10.2 Å². The first-order valence-electron chi connectivity index (χ1n) is 15.5. The highest BCUT2D eigenvalue weighted by atomic mass is 19.4. The van der Waals surface area contributed by atoms with Gasteiger partial charge in [0, 0.05) is 36.5 Å². The number of hydrogen-bond donors (Lipinski definition) is 1. The molecule has 1 atom stereocenters. The minimum absolute atomic E-state index is 0.0469. The van der Waals surface area contributed by atoms with E-state index >= 15 is 0 Å². The molecule has 0 bridgehead atoms. The van der Waals surface area contributed by atoms with E-state index in [2.05, 4.69) is 15.3 Å². The van der Waals surface area contributed by atoms with Crippen molar-refractivity contribution in [3.63, 3.8) is 0 Å². The Bertz CT molecular complexity index is 1800. The molecule has 4 aromatic rings. The van der Waals surface area contributed by atoms with Gasteiger partial charge in [-0.1, -0.05) is 24.3 Å². The van der Waals surface area contributed by atoms with Crippen LogP contribution in [0.1, 0.15) is 82.3 Å². The van der Waals surface area contributed by atoms with Gasteiger partial charge in [0.25, 0.3) is 11.8 Å². The lowest BCUT2D eigenvalue weighted by atomic mass is 9.84. The molecule has 236 valence electrons. The number of aromatic nitrogens is 2. The summed E-state index contributed by atoms with van der Waals surface area (Å²) < 4.78 is 43.5. The minimum atomic E-state index is -4.70. The number of amides is 3. The van der Waals surface area contributed by atoms with Crippen LogP contribution in [-0.4, -0.2) is 56.8 Å². The van der Waals surface area contributed by atoms with Crippen molar-refractivity contribution in [2.45, 2.75) is 62.7 Å². The molecule has 46 heavy (non-hydrogen) atoms. The fraction of sp³-hybridized carbons (Fsp3) is 0.343. The molecule has 3 aliphatic rings. The minimum Gasteiger partial charge on any atom is -0.354 e.